The van der Waals surface area contributed by atoms with Crippen LogP contribution in [0, 0.1) is 0 Å². The maximum atomic E-state index is 11.6. The van der Waals surface area contributed by atoms with Crippen molar-refractivity contribution in [1.29, 1.82) is 0 Å². The highest BCUT2D eigenvalue weighted by molar-refractivity contribution is 6.39. The molecule has 2 atom stereocenters. The molecule has 7 rings (SSSR count). The van der Waals surface area contributed by atoms with Crippen LogP contribution in [0.1, 0.15) is 42.1 Å². The van der Waals surface area contributed by atoms with Gasteiger partial charge < -0.3 is 25.2 Å². The van der Waals surface area contributed by atoms with Gasteiger partial charge >= 0.3 is 0 Å². The zero-order chi connectivity index (χ0) is 32.7. The lowest BCUT2D eigenvalue weighted by Gasteiger charge is -2.35. The Balaban J connectivity index is 1.17. The van der Waals surface area contributed by atoms with E-state index in [0.717, 1.165) is 47.2 Å². The van der Waals surface area contributed by atoms with E-state index in [9.17, 15) is 9.90 Å². The molecule has 12 heteroatoms. The molecule has 47 heavy (non-hydrogen) atoms. The minimum atomic E-state index is -0.297. The van der Waals surface area contributed by atoms with Crippen LogP contribution in [0.4, 0.5) is 0 Å². The summed E-state index contributed by atoms with van der Waals surface area (Å²) < 4.78 is 11.4. The third kappa shape index (κ3) is 6.28. The second kappa shape index (κ2) is 13.4. The van der Waals surface area contributed by atoms with Crippen LogP contribution < -0.4 is 20.1 Å². The van der Waals surface area contributed by atoms with Crippen LogP contribution in [0.3, 0.4) is 0 Å². The summed E-state index contributed by atoms with van der Waals surface area (Å²) in [4.78, 5) is 28.0. The smallest absolute Gasteiger partial charge is 0.237 e. The van der Waals surface area contributed by atoms with E-state index in [4.69, 9.17) is 42.6 Å². The van der Waals surface area contributed by atoms with Crippen molar-refractivity contribution in [3.63, 3.8) is 0 Å². The molecule has 1 aliphatic carbocycles. The van der Waals surface area contributed by atoms with Gasteiger partial charge in [0.25, 0.3) is 0 Å². The number of halogens is 2. The number of hydrogen-bond acceptors (Lipinski definition) is 9. The summed E-state index contributed by atoms with van der Waals surface area (Å²) in [5, 5.41) is 17.3. The number of likely N-dealkylation sites (tertiary alicyclic amines) is 1. The predicted molar refractivity (Wildman–Crippen MR) is 181 cm³/mol. The Bertz CT molecular complexity index is 1830. The number of carbonyl (C=O) groups is 1. The van der Waals surface area contributed by atoms with Crippen molar-refractivity contribution in [2.24, 2.45) is 0 Å². The molecule has 0 bridgehead atoms. The number of rotatable bonds is 10. The number of hydrogen-bond donors (Lipinski definition) is 3. The van der Waals surface area contributed by atoms with E-state index in [1.807, 2.05) is 36.4 Å². The molecule has 0 saturated carbocycles. The normalized spacial score (nSPS) is 19.4. The first-order valence-electron chi connectivity index (χ1n) is 15.8. The predicted octanol–water partition coefficient (Wildman–Crippen LogP) is 5.23. The summed E-state index contributed by atoms with van der Waals surface area (Å²) >= 11 is 14.2. The lowest BCUT2D eigenvalue weighted by Crippen LogP contribution is -2.50. The highest BCUT2D eigenvalue weighted by Crippen LogP contribution is 2.44. The molecular weight excluding hydrogens is 639 g/mol. The average Bonchev–Trinajstić information content (AvgIpc) is 3.68. The van der Waals surface area contributed by atoms with Crippen molar-refractivity contribution in [1.82, 2.24) is 30.5 Å². The standard InChI is InChI=1S/C35H36Cl2N6O4/c1-46-34-29(18-43-16-21(44)17-43)39-15-28(42-34)25-8-4-6-23(33(25)37)22-5-3-7-24(32(22)36)27-13-19-9-11-26(31(19)35(41-27)47-2)38-14-20-10-12-30(45)40-20/h3-8,13,15,20-21,26,38,44H,9-12,14,16-18H2,1-2H3,(H,40,45)/t20-,26+/m0/s1. The molecule has 0 spiro atoms. The molecule has 4 heterocycles. The number of benzene rings is 2. The molecule has 3 N–H and O–H groups in total. The van der Waals surface area contributed by atoms with E-state index >= 15 is 0 Å². The van der Waals surface area contributed by atoms with Crippen LogP contribution in [0.5, 0.6) is 11.8 Å². The Morgan fingerprint density at radius 3 is 2.23 bits per heavy atom. The maximum absolute atomic E-state index is 11.6. The van der Waals surface area contributed by atoms with Gasteiger partial charge in [-0.2, -0.15) is 0 Å². The van der Waals surface area contributed by atoms with Crippen molar-refractivity contribution in [2.45, 2.75) is 50.4 Å². The molecule has 2 aromatic carbocycles. The number of aliphatic hydroxyl groups is 1. The lowest BCUT2D eigenvalue weighted by molar-refractivity contribution is -0.119. The molecule has 1 amide bonds. The monoisotopic (exact) mass is 674 g/mol. The number of aromatic nitrogens is 3. The van der Waals surface area contributed by atoms with Gasteiger partial charge in [-0.05, 0) is 30.9 Å². The Morgan fingerprint density at radius 1 is 0.936 bits per heavy atom. The summed E-state index contributed by atoms with van der Waals surface area (Å²) in [6.45, 7) is 2.46. The fourth-order valence-corrected chi connectivity index (χ4v) is 7.43. The van der Waals surface area contributed by atoms with E-state index in [-0.39, 0.29) is 24.1 Å². The lowest BCUT2D eigenvalue weighted by atomic mass is 9.97. The summed E-state index contributed by atoms with van der Waals surface area (Å²) in [7, 11) is 3.21. The summed E-state index contributed by atoms with van der Waals surface area (Å²) in [6, 6.07) is 14.0. The van der Waals surface area contributed by atoms with Crippen molar-refractivity contribution < 1.29 is 19.4 Å². The summed E-state index contributed by atoms with van der Waals surface area (Å²) in [5.41, 5.74) is 7.24. The fourth-order valence-electron chi connectivity index (χ4n) is 6.78. The van der Waals surface area contributed by atoms with Gasteiger partial charge in [0.1, 0.15) is 5.69 Å². The van der Waals surface area contributed by atoms with Gasteiger partial charge in [-0.1, -0.05) is 59.6 Å². The van der Waals surface area contributed by atoms with Crippen LogP contribution in [-0.4, -0.2) is 76.9 Å². The van der Waals surface area contributed by atoms with E-state index in [1.54, 1.807) is 20.4 Å². The number of β-amino-alcohol motifs (C(OH)–C–C–N with tert-alkyl or cyclic N) is 1. The van der Waals surface area contributed by atoms with Crippen LogP contribution in [0.15, 0.2) is 48.7 Å². The summed E-state index contributed by atoms with van der Waals surface area (Å²) in [5.74, 6) is 1.11. The van der Waals surface area contributed by atoms with Gasteiger partial charge in [0.15, 0.2) is 0 Å². The van der Waals surface area contributed by atoms with Gasteiger partial charge in [0, 0.05) is 72.5 Å². The number of aryl methyl sites for hydroxylation is 1. The molecule has 4 aromatic rings. The van der Waals surface area contributed by atoms with Crippen LogP contribution >= 0.6 is 23.2 Å². The molecule has 3 aliphatic rings. The molecule has 244 valence electrons. The Hall–Kier alpha value is -3.80. The van der Waals surface area contributed by atoms with Gasteiger partial charge in [0.2, 0.25) is 17.7 Å². The van der Waals surface area contributed by atoms with Crippen molar-refractivity contribution in [2.75, 3.05) is 33.9 Å². The molecule has 10 nitrogen and oxygen atoms in total. The summed E-state index contributed by atoms with van der Waals surface area (Å²) in [6.07, 6.45) is 4.63. The molecule has 0 radical (unpaired) electrons. The number of aliphatic hydroxyl groups excluding tert-OH is 1. The average molecular weight is 676 g/mol. The first-order chi connectivity index (χ1) is 22.8. The minimum absolute atomic E-state index is 0.0989. The number of nitrogens with one attached hydrogen (secondary N) is 2. The van der Waals surface area contributed by atoms with Crippen molar-refractivity contribution in [3.05, 3.63) is 75.5 Å². The van der Waals surface area contributed by atoms with E-state index < -0.39 is 0 Å². The van der Waals surface area contributed by atoms with Crippen molar-refractivity contribution in [3.8, 4) is 45.4 Å². The number of methoxy groups -OCH3 is 2. The molecule has 2 fully saturated rings. The number of fused-ring (bicyclic) bond motifs is 1. The highest BCUT2D eigenvalue weighted by Gasteiger charge is 2.31. The van der Waals surface area contributed by atoms with Crippen LogP contribution in [0.2, 0.25) is 10.0 Å². The number of amides is 1. The first-order valence-corrected chi connectivity index (χ1v) is 16.6. The third-order valence-electron chi connectivity index (χ3n) is 9.20. The molecule has 2 saturated heterocycles. The zero-order valence-corrected chi connectivity index (χ0v) is 27.7. The van der Waals surface area contributed by atoms with Crippen molar-refractivity contribution >= 4 is 29.1 Å². The van der Waals surface area contributed by atoms with Crippen LogP contribution in [-0.2, 0) is 17.8 Å². The van der Waals surface area contributed by atoms with Gasteiger partial charge in [-0.15, -0.1) is 0 Å². The number of pyridine rings is 1. The second-order valence-electron chi connectivity index (χ2n) is 12.3. The largest absolute Gasteiger partial charge is 0.481 e. The van der Waals surface area contributed by atoms with E-state index in [1.165, 1.54) is 5.56 Å². The molecule has 2 aliphatic heterocycles. The Kier molecular flexibility index (Phi) is 9.04. The Morgan fingerprint density at radius 2 is 1.60 bits per heavy atom. The quantitative estimate of drug-likeness (QED) is 0.208. The minimum Gasteiger partial charge on any atom is -0.481 e. The molecular formula is C35H36Cl2N6O4. The molecule has 0 unspecified atom stereocenters. The number of ether oxygens (including phenoxy) is 2. The van der Waals surface area contributed by atoms with E-state index in [2.05, 4.69) is 26.6 Å². The Labute approximate surface area is 283 Å². The molecule has 2 aromatic heterocycles. The van der Waals surface area contributed by atoms with Gasteiger partial charge in [-0.3, -0.25) is 14.7 Å². The first kappa shape index (κ1) is 31.8. The van der Waals surface area contributed by atoms with E-state index in [0.29, 0.717) is 71.4 Å². The maximum Gasteiger partial charge on any atom is 0.237 e. The topological polar surface area (TPSA) is 122 Å². The number of nitrogens with zero attached hydrogens (tertiary/aromatic N) is 4. The zero-order valence-electron chi connectivity index (χ0n) is 26.2. The number of carbonyl (C=O) groups excluding carboxylic acids is 1. The second-order valence-corrected chi connectivity index (χ2v) is 13.0. The van der Waals surface area contributed by atoms with Gasteiger partial charge in [0.05, 0.1) is 48.0 Å². The fraction of sp³-hybridized carbons (Fsp3) is 0.371. The van der Waals surface area contributed by atoms with Gasteiger partial charge in [-0.25, -0.2) is 9.97 Å². The van der Waals surface area contributed by atoms with Crippen LogP contribution in [0.25, 0.3) is 33.6 Å². The highest BCUT2D eigenvalue weighted by atomic mass is 35.5. The SMILES string of the molecule is COc1nc(-c2cccc(-c3cccc(-c4cc5c(c(OC)n4)[C@H](NC[C@@H]4CCC(=O)N4)CC5)c3Cl)c2Cl)cnc1CN1CC(O)C1. The third-order valence-corrected chi connectivity index (χ3v) is 10.0.